The largest absolute Gasteiger partial charge is 0.496 e. The van der Waals surface area contributed by atoms with Gasteiger partial charge in [-0.25, -0.2) is 28.8 Å². The van der Waals surface area contributed by atoms with Gasteiger partial charge in [0.2, 0.25) is 0 Å². The number of aliphatic hydroxyl groups excluding tert-OH is 2. The number of hydrogen-bond donors (Lipinski definition) is 11. The number of carbonyl (C=O) groups excluding carboxylic acids is 7. The number of halogens is 3. The van der Waals surface area contributed by atoms with Crippen molar-refractivity contribution in [3.05, 3.63) is 85.5 Å². The molecule has 7 amide bonds. The molecule has 0 spiro atoms. The van der Waals surface area contributed by atoms with Crippen LogP contribution in [-0.4, -0.2) is 276 Å². The average Bonchev–Trinajstić information content (AvgIpc) is 0.830. The van der Waals surface area contributed by atoms with Crippen LogP contribution in [0.2, 0.25) is 15.1 Å². The van der Waals surface area contributed by atoms with Crippen LogP contribution in [0.5, 0.6) is 17.2 Å². The molecule has 3 aromatic rings. The van der Waals surface area contributed by atoms with Gasteiger partial charge in [-0.05, 0) is 169 Å². The Morgan fingerprint density at radius 3 is 1.02 bits per heavy atom. The third kappa shape index (κ3) is 38.1. The van der Waals surface area contributed by atoms with Crippen molar-refractivity contribution in [2.45, 2.75) is 89.9 Å². The summed E-state index contributed by atoms with van der Waals surface area (Å²) >= 11 is 17.6. The quantitative estimate of drug-likeness (QED) is 0.0168. The third-order valence-electron chi connectivity index (χ3n) is 20.2. The molecular weight excluding hydrogens is 1640 g/mol. The van der Waals surface area contributed by atoms with Crippen LogP contribution in [0.4, 0.5) is 41.0 Å². The van der Waals surface area contributed by atoms with E-state index in [1.54, 1.807) is 36.6 Å². The minimum Gasteiger partial charge on any atom is -0.496 e. The number of nitrogens with zero attached hydrogens (tertiary/aromatic N) is 8. The molecule has 39 heteroatoms. The number of nitrogen functional groups attached to an aromatic ring is 3. The average molecular weight is 1760 g/mol. The molecule has 645 valence electrons. The topological polar surface area (TPSA) is 488 Å². The number of benzene rings is 3. The van der Waals surface area contributed by atoms with Crippen molar-refractivity contribution < 1.29 is 124 Å². The number of carbonyl (C=O) groups is 8. The number of hydrogen-bond acceptors (Lipinski definition) is 25. The molecule has 7 fully saturated rings. The van der Waals surface area contributed by atoms with E-state index < -0.39 is 5.97 Å². The Labute approximate surface area is 715 Å². The molecule has 0 bridgehead atoms. The van der Waals surface area contributed by atoms with Crippen molar-refractivity contribution in [2.75, 3.05) is 205 Å². The molecule has 115 heavy (non-hydrogen) atoms. The first-order valence-electron chi connectivity index (χ1n) is 38.1. The maximum Gasteiger partial charge on any atom is 0.409 e. The van der Waals surface area contributed by atoms with Gasteiger partial charge in [-0.3, -0.25) is 9.59 Å². The van der Waals surface area contributed by atoms with Crippen LogP contribution in [0, 0.1) is 48.3 Å². The fraction of sp³-hybridized carbons (Fsp3) is 0.645. The predicted molar refractivity (Wildman–Crippen MR) is 436 cm³/mol. The van der Waals surface area contributed by atoms with E-state index in [2.05, 4.69) is 57.2 Å². The summed E-state index contributed by atoms with van der Waals surface area (Å²) in [5, 5.41) is 43.0. The molecule has 35 nitrogen and oxygen atoms in total. The van der Waals surface area contributed by atoms with Gasteiger partial charge in [0.15, 0.2) is 0 Å². The second-order valence-corrected chi connectivity index (χ2v) is 29.1. The van der Waals surface area contributed by atoms with Crippen molar-refractivity contribution in [2.24, 2.45) is 52.3 Å². The van der Waals surface area contributed by atoms with Gasteiger partial charge in [-0.2, -0.15) is 5.92 Å². The molecule has 0 aromatic heterocycles. The van der Waals surface area contributed by atoms with Gasteiger partial charge >= 0.3 is 36.4 Å². The molecule has 0 aliphatic carbocycles. The SMILES string of the molecule is COC(=O)N1CCC(CN)CC1.COC(=O)N1CCC(CN=[N+]=[N-])CC1.COC(=O)N1CCC(CNC(=O)c2cc(Cl)c(N)cc2OC)CC1.COC(=O)N1CCC(CO)CC1.COc1cc(N)c(Cl)cc1C(=O)NCC1CCNCC1.COc1cc(N)c(Cl)cc1C(=O)O.OCC1CCNCC1.[CH2-]C1CCN(C(=O)OC)CC1.[Y]. The summed E-state index contributed by atoms with van der Waals surface area (Å²) in [6.07, 6.45) is 12.4. The standard InChI is InChI=1S/C16H22ClN3O4.C14H20ClN3O2.C8H8ClNO3.C8H14N4O2.C8H16N2O2.C8H15NO3.C8H14NO2.C6H13NO.Y/c1-23-14-8-13(18)12(17)7-11(14)15(21)19-9-10-3-5-20(6-4-10)16(22)24-2;1-20-13-7-12(16)11(15)6-10(13)14(19)18-8-9-2-4-17-5-3-9;1-13-7-3-6(10)5(9)2-4(7)8(11)12;1-14-8(13)12-4-2-7(3-5-12)6-10-11-9;1-12-8(11)10-4-2-7(6-9)3-5-10;1-12-8(11)9-4-2-7(6-10)3-5-9;1-7-3-5-9(6-4-7)8(10)11-2;8-5-6-1-3-7-4-2-6;/h7-8,10H,3-6,9,18H2,1-2H3,(H,19,21);6-7,9,17H,2-5,8,16H2,1H3,(H,18,19);2-3H,10H2,1H3,(H,11,12);7H,2-6H2,1H3;7H,2-6,9H2,1H3;7,10H,2-6H2,1H3;7H,1,3-6H2,2H3;6-8H,1-5H2;/q;;;;;;-1;;. The molecule has 7 aliphatic rings. The number of aliphatic hydroxyl groups is 2. The summed E-state index contributed by atoms with van der Waals surface area (Å²) in [5.74, 6) is 2.78. The fourth-order valence-corrected chi connectivity index (χ4v) is 13.2. The van der Waals surface area contributed by atoms with Crippen LogP contribution in [0.15, 0.2) is 41.5 Å². The van der Waals surface area contributed by atoms with Gasteiger partial charge in [0, 0.05) is 154 Å². The minimum absolute atomic E-state index is 0. The van der Waals surface area contributed by atoms with Crippen LogP contribution in [-0.2, 0) is 56.4 Å². The van der Waals surface area contributed by atoms with E-state index in [1.807, 2.05) is 0 Å². The summed E-state index contributed by atoms with van der Waals surface area (Å²) in [5.41, 5.74) is 32.4. The van der Waals surface area contributed by atoms with E-state index >= 15 is 0 Å². The third-order valence-corrected chi connectivity index (χ3v) is 21.2. The first-order valence-corrected chi connectivity index (χ1v) is 39.3. The summed E-state index contributed by atoms with van der Waals surface area (Å²) in [7, 11) is 11.3. The number of amides is 7. The molecular formula is C76H122Cl3N16O19Y-. The maximum absolute atomic E-state index is 12.4. The number of anilines is 3. The Morgan fingerprint density at radius 2 is 0.730 bits per heavy atom. The Hall–Kier alpha value is -7.70. The molecule has 1 radical (unpaired) electrons. The number of ether oxygens (including phenoxy) is 8. The molecule has 3 aromatic carbocycles. The minimum atomic E-state index is -1.10. The van der Waals surface area contributed by atoms with Crippen LogP contribution in [0.1, 0.15) is 121 Å². The Bertz CT molecular complexity index is 3420. The summed E-state index contributed by atoms with van der Waals surface area (Å²) in [6.45, 7) is 18.4. The Morgan fingerprint density at radius 1 is 0.461 bits per heavy atom. The van der Waals surface area contributed by atoms with Gasteiger partial charge in [0.25, 0.3) is 11.8 Å². The zero-order valence-electron chi connectivity index (χ0n) is 67.7. The van der Waals surface area contributed by atoms with Crippen LogP contribution in [0.3, 0.4) is 0 Å². The summed E-state index contributed by atoms with van der Waals surface area (Å²) < 4.78 is 38.3. The number of aromatic carboxylic acids is 1. The van der Waals surface area contributed by atoms with Crippen molar-refractivity contribution in [1.82, 2.24) is 45.8 Å². The zero-order valence-corrected chi connectivity index (χ0v) is 72.8. The van der Waals surface area contributed by atoms with Crippen LogP contribution >= 0.6 is 34.8 Å². The summed E-state index contributed by atoms with van der Waals surface area (Å²) in [6, 6.07) is 8.80. The van der Waals surface area contributed by atoms with Gasteiger partial charge in [-0.15, -0.1) is 0 Å². The normalized spacial score (nSPS) is 16.7. The van der Waals surface area contributed by atoms with Gasteiger partial charge in [0.05, 0.1) is 100 Å². The van der Waals surface area contributed by atoms with Crippen molar-refractivity contribution >= 4 is 100 Å². The molecule has 0 unspecified atom stereocenters. The number of nitrogens with one attached hydrogen (secondary N) is 4. The first-order chi connectivity index (χ1) is 54.6. The van der Waals surface area contributed by atoms with Crippen molar-refractivity contribution in [3.63, 3.8) is 0 Å². The molecule has 7 heterocycles. The van der Waals surface area contributed by atoms with E-state index in [-0.39, 0.29) is 97.9 Å². The van der Waals surface area contributed by atoms with Crippen molar-refractivity contribution in [3.8, 4) is 17.2 Å². The zero-order chi connectivity index (χ0) is 84.7. The Balaban J connectivity index is 0.000000454. The van der Waals surface area contributed by atoms with Crippen LogP contribution in [0.25, 0.3) is 10.4 Å². The van der Waals surface area contributed by atoms with E-state index in [0.29, 0.717) is 157 Å². The molecule has 0 atom stereocenters. The number of methoxy groups -OCH3 is 8. The number of carboxylic acids is 1. The number of carboxylic acid groups (broad SMARTS) is 1. The first kappa shape index (κ1) is 103. The maximum atomic E-state index is 12.4. The van der Waals surface area contributed by atoms with Gasteiger partial charge < -0.3 is 129 Å². The number of piperidine rings is 7. The molecule has 7 saturated heterocycles. The number of azide groups is 1. The predicted octanol–water partition coefficient (Wildman–Crippen LogP) is 9.36. The fourth-order valence-electron chi connectivity index (χ4n) is 12.7. The van der Waals surface area contributed by atoms with Crippen molar-refractivity contribution in [1.29, 1.82) is 0 Å². The summed E-state index contributed by atoms with van der Waals surface area (Å²) in [4.78, 5) is 102. The number of likely N-dealkylation sites (tertiary alicyclic amines) is 5. The van der Waals surface area contributed by atoms with Crippen LogP contribution < -0.4 is 58.4 Å². The van der Waals surface area contributed by atoms with E-state index in [0.717, 1.165) is 149 Å². The van der Waals surface area contributed by atoms with E-state index in [4.69, 9.17) is 97.5 Å². The second kappa shape index (κ2) is 58.2. The monoisotopic (exact) mass is 1760 g/mol. The number of rotatable bonds is 15. The molecule has 10 rings (SSSR count). The molecule has 15 N–H and O–H groups in total. The number of nitrogens with two attached hydrogens (primary N) is 4. The Kier molecular flexibility index (Phi) is 52.3. The van der Waals surface area contributed by atoms with E-state index in [9.17, 15) is 38.4 Å². The van der Waals surface area contributed by atoms with Gasteiger partial charge in [0.1, 0.15) is 22.8 Å². The van der Waals surface area contributed by atoms with Gasteiger partial charge in [-0.1, -0.05) is 52.8 Å². The smallest absolute Gasteiger partial charge is 0.409 e. The van der Waals surface area contributed by atoms with E-state index in [1.165, 1.54) is 81.1 Å². The molecule has 0 saturated carbocycles. The second-order valence-electron chi connectivity index (χ2n) is 27.9. The molecule has 7 aliphatic heterocycles.